The van der Waals surface area contributed by atoms with E-state index in [1.807, 2.05) is 0 Å². The van der Waals surface area contributed by atoms with Gasteiger partial charge in [0.1, 0.15) is 0 Å². The number of aryl methyl sites for hydroxylation is 2. The van der Waals surface area contributed by atoms with Gasteiger partial charge in [0.15, 0.2) is 0 Å². The van der Waals surface area contributed by atoms with Crippen LogP contribution in [0.3, 0.4) is 0 Å². The fraction of sp³-hybridized carbons (Fsp3) is 0.0286. The Kier molecular flexibility index (Phi) is 14.5. The van der Waals surface area contributed by atoms with Crippen LogP contribution >= 0.6 is 0 Å². The average Bonchev–Trinajstić information content (AvgIpc) is 1.66. The molecule has 0 saturated carbocycles. The Morgan fingerprint density at radius 1 is 0.221 bits per heavy atom. The van der Waals surface area contributed by atoms with E-state index in [0.29, 0.717) is 0 Å². The Morgan fingerprint density at radius 2 is 0.619 bits per heavy atom. The highest BCUT2D eigenvalue weighted by molar-refractivity contribution is 7.04. The maximum Gasteiger partial charge on any atom is 0.252 e. The first-order valence-corrected chi connectivity index (χ1v) is 39.4. The van der Waals surface area contributed by atoms with Gasteiger partial charge in [0.05, 0.1) is 27.9 Å². The Balaban J connectivity index is 0.825. The summed E-state index contributed by atoms with van der Waals surface area (Å²) in [5.74, 6) is 0. The lowest BCUT2D eigenvalue weighted by Crippen LogP contribution is -2.68. The van der Waals surface area contributed by atoms with Crippen molar-refractivity contribution in [1.29, 1.82) is 0 Å². The Bertz CT molecular complexity index is 7010. The largest absolute Gasteiger partial charge is 0.312 e. The van der Waals surface area contributed by atoms with Crippen LogP contribution in [0.4, 0.5) is 68.2 Å². The first-order chi connectivity index (χ1) is 55.8. The molecule has 6 nitrogen and oxygen atoms in total. The zero-order chi connectivity index (χ0) is 74.7. The van der Waals surface area contributed by atoms with Crippen LogP contribution in [0.1, 0.15) is 16.7 Å². The average molecular weight is 1440 g/mol. The second-order valence-electron chi connectivity index (χ2n) is 30.8. The standard InChI is InChI=1S/C105H72B2N6/c1-67-47-50-82(108(78-37-20-8-21-38-78)79-39-22-9-23-40-79)65-98(67)112-95-45-28-46-96-100(95)107(89-53-57-92(69(3)103(89)112)110-93-55-48-74(70-29-12-4-13-30-70)60-84(93)86-62-76(59-68(2)102(86)110)72-33-16-6-17-34-72)90-54-58-97-101-105(90)113(96)99-66-83(109(80-41-24-10-25-42-80)81-43-26-11-27-44-81)51-52-88(99)106(101)91-64-77(73-35-18-7-19-36-73)63-87-85-61-75(71-31-14-5-15-32-71)49-56-94(85)111(97)104(87)91/h4-66H,1-3H3. The number of nitrogens with zero attached hydrogens (tertiary/aromatic N) is 6. The van der Waals surface area contributed by atoms with Gasteiger partial charge in [0.2, 0.25) is 0 Å². The van der Waals surface area contributed by atoms with E-state index in [0.717, 1.165) is 73.6 Å². The van der Waals surface area contributed by atoms with E-state index in [9.17, 15) is 0 Å². The van der Waals surface area contributed by atoms with E-state index in [1.165, 1.54) is 144 Å². The van der Waals surface area contributed by atoms with Gasteiger partial charge in [-0.1, -0.05) is 243 Å². The fourth-order valence-corrected chi connectivity index (χ4v) is 19.7. The molecule has 0 amide bonds. The molecule has 0 aliphatic carbocycles. The maximum absolute atomic E-state index is 2.71. The van der Waals surface area contributed by atoms with Gasteiger partial charge in [-0.2, -0.15) is 0 Å². The van der Waals surface area contributed by atoms with Crippen molar-refractivity contribution in [1.82, 2.24) is 9.13 Å². The monoisotopic (exact) mass is 1440 g/mol. The molecule has 0 unspecified atom stereocenters. The molecule has 0 atom stereocenters. The molecule has 0 radical (unpaired) electrons. The maximum atomic E-state index is 2.71. The van der Waals surface area contributed by atoms with E-state index < -0.39 is 0 Å². The number of aromatic nitrogens is 2. The first kappa shape index (κ1) is 64.6. The highest BCUT2D eigenvalue weighted by atomic mass is 15.2. The molecule has 19 aromatic rings. The Labute approximate surface area is 658 Å². The van der Waals surface area contributed by atoms with Crippen LogP contribution in [0.2, 0.25) is 0 Å². The number of rotatable bonds is 12. The minimum absolute atomic E-state index is 0.168. The second kappa shape index (κ2) is 25.4. The number of fused-ring (bicyclic) bond motifs is 15. The molecule has 8 heteroatoms. The normalized spacial score (nSPS) is 12.7. The number of anilines is 12. The molecule has 0 saturated heterocycles. The molecule has 4 aliphatic heterocycles. The predicted octanol–water partition coefficient (Wildman–Crippen LogP) is 23.6. The molecule has 4 aliphatic rings. The summed E-state index contributed by atoms with van der Waals surface area (Å²) in [6.07, 6.45) is 0. The molecule has 528 valence electrons. The summed E-state index contributed by atoms with van der Waals surface area (Å²) in [4.78, 5) is 10.2. The second-order valence-corrected chi connectivity index (χ2v) is 30.8. The van der Waals surface area contributed by atoms with E-state index in [1.54, 1.807) is 0 Å². The van der Waals surface area contributed by atoms with Gasteiger partial charge in [-0.15, -0.1) is 0 Å². The molecular formula is C105H72B2N6. The molecule has 113 heavy (non-hydrogen) atoms. The topological polar surface area (TPSA) is 22.8 Å². The summed E-state index contributed by atoms with van der Waals surface area (Å²) in [5, 5.41) is 4.93. The van der Waals surface area contributed by atoms with Gasteiger partial charge >= 0.3 is 0 Å². The first-order valence-electron chi connectivity index (χ1n) is 39.4. The molecule has 23 rings (SSSR count). The van der Waals surface area contributed by atoms with Crippen molar-refractivity contribution in [3.8, 4) is 55.9 Å². The zero-order valence-corrected chi connectivity index (χ0v) is 62.7. The van der Waals surface area contributed by atoms with Crippen LogP contribution in [-0.2, 0) is 0 Å². The third-order valence-electron chi connectivity index (χ3n) is 24.6. The van der Waals surface area contributed by atoms with Crippen LogP contribution in [-0.4, -0.2) is 22.6 Å². The summed E-state index contributed by atoms with van der Waals surface area (Å²) < 4.78 is 5.24. The van der Waals surface area contributed by atoms with E-state index >= 15 is 0 Å². The molecule has 0 spiro atoms. The van der Waals surface area contributed by atoms with Crippen LogP contribution in [0.5, 0.6) is 0 Å². The van der Waals surface area contributed by atoms with E-state index in [2.05, 4.69) is 432 Å². The number of hydrogen-bond acceptors (Lipinski definition) is 4. The van der Waals surface area contributed by atoms with Crippen molar-refractivity contribution in [2.45, 2.75) is 20.8 Å². The fourth-order valence-electron chi connectivity index (χ4n) is 19.7. The van der Waals surface area contributed by atoms with Crippen molar-refractivity contribution in [3.63, 3.8) is 0 Å². The lowest BCUT2D eigenvalue weighted by atomic mass is 9.29. The smallest absolute Gasteiger partial charge is 0.252 e. The van der Waals surface area contributed by atoms with E-state index in [4.69, 9.17) is 0 Å². The molecule has 6 heterocycles. The lowest BCUT2D eigenvalue weighted by Gasteiger charge is -2.49. The summed E-state index contributed by atoms with van der Waals surface area (Å²) in [6.45, 7) is 6.65. The van der Waals surface area contributed by atoms with Crippen LogP contribution < -0.4 is 52.4 Å². The highest BCUT2D eigenvalue weighted by Crippen LogP contribution is 2.52. The molecule has 0 N–H and O–H groups in total. The zero-order valence-electron chi connectivity index (χ0n) is 62.7. The summed E-state index contributed by atoms with van der Waals surface area (Å²) >= 11 is 0. The van der Waals surface area contributed by atoms with Crippen molar-refractivity contribution in [2.24, 2.45) is 0 Å². The Morgan fingerprint density at radius 3 is 1.13 bits per heavy atom. The number of para-hydroxylation sites is 4. The van der Waals surface area contributed by atoms with Crippen LogP contribution in [0, 0.1) is 20.8 Å². The minimum atomic E-state index is -0.213. The molecule has 2 aromatic heterocycles. The number of hydrogen-bond donors (Lipinski definition) is 0. The van der Waals surface area contributed by atoms with Gasteiger partial charge in [0.25, 0.3) is 13.4 Å². The highest BCUT2D eigenvalue weighted by Gasteiger charge is 2.51. The molecular weight excluding hydrogens is 1370 g/mol. The molecule has 0 fully saturated rings. The van der Waals surface area contributed by atoms with Crippen molar-refractivity contribution in [2.75, 3.05) is 19.6 Å². The summed E-state index contributed by atoms with van der Waals surface area (Å²) in [6, 6.07) is 143. The summed E-state index contributed by atoms with van der Waals surface area (Å²) in [5.41, 5.74) is 41.5. The van der Waals surface area contributed by atoms with Crippen LogP contribution in [0.25, 0.3) is 99.5 Å². The third kappa shape index (κ3) is 9.82. The predicted molar refractivity (Wildman–Crippen MR) is 479 cm³/mol. The van der Waals surface area contributed by atoms with Gasteiger partial charge in [-0.25, -0.2) is 0 Å². The van der Waals surface area contributed by atoms with Crippen molar-refractivity contribution >= 4 is 158 Å². The van der Waals surface area contributed by atoms with Gasteiger partial charge < -0.3 is 28.7 Å². The Hall–Kier alpha value is -14.3. The van der Waals surface area contributed by atoms with Gasteiger partial charge in [0, 0.05) is 95.3 Å². The minimum Gasteiger partial charge on any atom is -0.312 e. The number of benzene rings is 17. The van der Waals surface area contributed by atoms with Gasteiger partial charge in [-0.3, -0.25) is 0 Å². The van der Waals surface area contributed by atoms with E-state index in [-0.39, 0.29) is 13.4 Å². The lowest BCUT2D eigenvalue weighted by molar-refractivity contribution is 1.13. The van der Waals surface area contributed by atoms with Crippen LogP contribution in [0.15, 0.2) is 382 Å². The SMILES string of the molecule is Cc1ccc(N(c2ccccc2)c2ccccc2)cc1N1c2cccc3c2B(c2ccc(-n4c5ccc(-c6ccccc6)cc5c5cc(-c6ccccc6)cc(C)c54)c(C)c21)c1ccc2c4c1N3c1cc(N(c3ccccc3)c3ccccc3)ccc1B4c1cc(-c3ccccc3)cc3c4cc(-c5ccccc5)ccc4n-2c13. The third-order valence-corrected chi connectivity index (χ3v) is 24.6. The molecule has 17 aromatic carbocycles. The van der Waals surface area contributed by atoms with Gasteiger partial charge in [-0.05, 0) is 254 Å². The van der Waals surface area contributed by atoms with Crippen molar-refractivity contribution in [3.05, 3.63) is 399 Å². The summed E-state index contributed by atoms with van der Waals surface area (Å²) in [7, 11) is 0. The van der Waals surface area contributed by atoms with Crippen molar-refractivity contribution < 1.29 is 0 Å². The molecule has 0 bridgehead atoms. The quantitative estimate of drug-likeness (QED) is 0.114.